The number of aryl methyl sites for hydroxylation is 2. The molecular formula is C17H21NO. The minimum absolute atomic E-state index is 0.408. The number of nitrogens with one attached hydrogen (secondary N) is 1. The van der Waals surface area contributed by atoms with E-state index in [0.29, 0.717) is 12.3 Å². The standard InChI is InChI=1S/C17H21NO/c1-13-5-3-7-15(11-13)9-10-18-12-16-8-4-6-14(2)17(16)19/h3-8,11,18-19H,9-10,12H2,1-2H3. The Morgan fingerprint density at radius 1 is 1.05 bits per heavy atom. The quantitative estimate of drug-likeness (QED) is 0.803. The number of phenols is 1. The fourth-order valence-corrected chi connectivity index (χ4v) is 2.19. The maximum Gasteiger partial charge on any atom is 0.122 e. The van der Waals surface area contributed by atoms with Crippen LogP contribution in [0.2, 0.25) is 0 Å². The van der Waals surface area contributed by atoms with Crippen molar-refractivity contribution in [3.05, 3.63) is 64.7 Å². The summed E-state index contributed by atoms with van der Waals surface area (Å²) in [5.74, 6) is 0.408. The minimum Gasteiger partial charge on any atom is -0.507 e. The van der Waals surface area contributed by atoms with Crippen molar-refractivity contribution in [3.8, 4) is 5.75 Å². The van der Waals surface area contributed by atoms with Gasteiger partial charge in [-0.25, -0.2) is 0 Å². The Morgan fingerprint density at radius 3 is 2.63 bits per heavy atom. The van der Waals surface area contributed by atoms with Crippen molar-refractivity contribution in [3.63, 3.8) is 0 Å². The van der Waals surface area contributed by atoms with Gasteiger partial charge in [-0.15, -0.1) is 0 Å². The van der Waals surface area contributed by atoms with Crippen LogP contribution in [0.15, 0.2) is 42.5 Å². The Morgan fingerprint density at radius 2 is 1.84 bits per heavy atom. The SMILES string of the molecule is Cc1cccc(CCNCc2cccc(C)c2O)c1. The van der Waals surface area contributed by atoms with Crippen molar-refractivity contribution in [2.75, 3.05) is 6.54 Å². The Kier molecular flexibility index (Phi) is 4.58. The monoisotopic (exact) mass is 255 g/mol. The largest absolute Gasteiger partial charge is 0.507 e. The molecule has 0 spiro atoms. The highest BCUT2D eigenvalue weighted by Crippen LogP contribution is 2.20. The van der Waals surface area contributed by atoms with Gasteiger partial charge >= 0.3 is 0 Å². The average Bonchev–Trinajstić information content (AvgIpc) is 2.39. The van der Waals surface area contributed by atoms with E-state index in [9.17, 15) is 5.11 Å². The number of rotatable bonds is 5. The number of phenolic OH excluding ortho intramolecular Hbond substituents is 1. The first kappa shape index (κ1) is 13.6. The van der Waals surface area contributed by atoms with Crippen molar-refractivity contribution >= 4 is 0 Å². The molecule has 0 atom stereocenters. The van der Waals surface area contributed by atoms with Gasteiger partial charge in [0.15, 0.2) is 0 Å². The van der Waals surface area contributed by atoms with Crippen LogP contribution in [0.25, 0.3) is 0 Å². The maximum absolute atomic E-state index is 9.91. The lowest BCUT2D eigenvalue weighted by atomic mass is 10.1. The minimum atomic E-state index is 0.408. The van der Waals surface area contributed by atoms with Crippen LogP contribution in [-0.2, 0) is 13.0 Å². The van der Waals surface area contributed by atoms with E-state index in [1.165, 1.54) is 11.1 Å². The molecule has 0 saturated heterocycles. The van der Waals surface area contributed by atoms with Gasteiger partial charge in [0.2, 0.25) is 0 Å². The van der Waals surface area contributed by atoms with Crippen molar-refractivity contribution in [2.45, 2.75) is 26.8 Å². The molecule has 0 fully saturated rings. The number of hydrogen-bond acceptors (Lipinski definition) is 2. The van der Waals surface area contributed by atoms with Crippen LogP contribution in [0.1, 0.15) is 22.3 Å². The Labute approximate surface area is 115 Å². The van der Waals surface area contributed by atoms with E-state index in [-0.39, 0.29) is 0 Å². The zero-order valence-electron chi connectivity index (χ0n) is 11.6. The van der Waals surface area contributed by atoms with E-state index >= 15 is 0 Å². The molecule has 0 aliphatic carbocycles. The molecule has 19 heavy (non-hydrogen) atoms. The van der Waals surface area contributed by atoms with Gasteiger partial charge in [-0.2, -0.15) is 0 Å². The Bertz CT molecular complexity index is 549. The molecule has 0 amide bonds. The van der Waals surface area contributed by atoms with E-state index < -0.39 is 0 Å². The van der Waals surface area contributed by atoms with Crippen LogP contribution < -0.4 is 5.32 Å². The van der Waals surface area contributed by atoms with E-state index in [0.717, 1.165) is 24.1 Å². The smallest absolute Gasteiger partial charge is 0.122 e. The average molecular weight is 255 g/mol. The fraction of sp³-hybridized carbons (Fsp3) is 0.294. The third kappa shape index (κ3) is 3.83. The molecule has 0 aliphatic rings. The van der Waals surface area contributed by atoms with Crippen LogP contribution in [0.5, 0.6) is 5.75 Å². The van der Waals surface area contributed by atoms with E-state index in [1.54, 1.807) is 0 Å². The zero-order valence-corrected chi connectivity index (χ0v) is 11.6. The molecule has 0 bridgehead atoms. The molecule has 0 aliphatic heterocycles. The van der Waals surface area contributed by atoms with Gasteiger partial charge in [-0.3, -0.25) is 0 Å². The van der Waals surface area contributed by atoms with Gasteiger partial charge in [0.25, 0.3) is 0 Å². The fourth-order valence-electron chi connectivity index (χ4n) is 2.19. The van der Waals surface area contributed by atoms with Gasteiger partial charge in [0.05, 0.1) is 0 Å². The van der Waals surface area contributed by atoms with Crippen molar-refractivity contribution in [1.82, 2.24) is 5.32 Å². The second kappa shape index (κ2) is 6.39. The lowest BCUT2D eigenvalue weighted by Crippen LogP contribution is -2.16. The topological polar surface area (TPSA) is 32.3 Å². The highest BCUT2D eigenvalue weighted by atomic mass is 16.3. The lowest BCUT2D eigenvalue weighted by molar-refractivity contribution is 0.460. The normalized spacial score (nSPS) is 10.6. The number of aromatic hydroxyl groups is 1. The molecule has 2 aromatic rings. The maximum atomic E-state index is 9.91. The first-order chi connectivity index (χ1) is 9.16. The Hall–Kier alpha value is -1.80. The summed E-state index contributed by atoms with van der Waals surface area (Å²) in [6.07, 6.45) is 1.01. The predicted molar refractivity (Wildman–Crippen MR) is 79.4 cm³/mol. The summed E-state index contributed by atoms with van der Waals surface area (Å²) in [7, 11) is 0. The molecule has 0 unspecified atom stereocenters. The summed E-state index contributed by atoms with van der Waals surface area (Å²) in [4.78, 5) is 0. The molecule has 2 heteroatoms. The van der Waals surface area contributed by atoms with Gasteiger partial charge in [0.1, 0.15) is 5.75 Å². The molecule has 0 heterocycles. The molecule has 0 saturated carbocycles. The predicted octanol–water partition coefficient (Wildman–Crippen LogP) is 3.34. The summed E-state index contributed by atoms with van der Waals surface area (Å²) in [5.41, 5.74) is 4.54. The van der Waals surface area contributed by atoms with E-state index in [4.69, 9.17) is 0 Å². The number of benzene rings is 2. The van der Waals surface area contributed by atoms with Crippen molar-refractivity contribution in [2.24, 2.45) is 0 Å². The van der Waals surface area contributed by atoms with Crippen molar-refractivity contribution < 1.29 is 5.11 Å². The van der Waals surface area contributed by atoms with Crippen LogP contribution >= 0.6 is 0 Å². The third-order valence-corrected chi connectivity index (χ3v) is 3.31. The van der Waals surface area contributed by atoms with E-state index in [2.05, 4.69) is 36.5 Å². The summed E-state index contributed by atoms with van der Waals surface area (Å²) in [6.45, 7) is 5.66. The van der Waals surface area contributed by atoms with Crippen molar-refractivity contribution in [1.29, 1.82) is 0 Å². The number of hydrogen-bond donors (Lipinski definition) is 2. The van der Waals surface area contributed by atoms with Crippen LogP contribution in [0.3, 0.4) is 0 Å². The summed E-state index contributed by atoms with van der Waals surface area (Å²) < 4.78 is 0. The second-order valence-electron chi connectivity index (χ2n) is 5.00. The summed E-state index contributed by atoms with van der Waals surface area (Å²) in [6, 6.07) is 14.4. The molecular weight excluding hydrogens is 234 g/mol. The molecule has 2 nitrogen and oxygen atoms in total. The first-order valence-electron chi connectivity index (χ1n) is 6.70. The van der Waals surface area contributed by atoms with Gasteiger partial charge in [-0.1, -0.05) is 48.0 Å². The molecule has 0 aromatic heterocycles. The zero-order chi connectivity index (χ0) is 13.7. The van der Waals surface area contributed by atoms with E-state index in [1.807, 2.05) is 25.1 Å². The lowest BCUT2D eigenvalue weighted by Gasteiger charge is -2.09. The Balaban J connectivity index is 1.82. The summed E-state index contributed by atoms with van der Waals surface area (Å²) in [5, 5.41) is 13.3. The second-order valence-corrected chi connectivity index (χ2v) is 5.00. The first-order valence-corrected chi connectivity index (χ1v) is 6.70. The molecule has 0 radical (unpaired) electrons. The number of para-hydroxylation sites is 1. The van der Waals surface area contributed by atoms with Crippen LogP contribution in [0, 0.1) is 13.8 Å². The molecule has 2 N–H and O–H groups in total. The molecule has 2 rings (SSSR count). The third-order valence-electron chi connectivity index (χ3n) is 3.31. The van der Waals surface area contributed by atoms with Gasteiger partial charge in [-0.05, 0) is 37.9 Å². The van der Waals surface area contributed by atoms with Crippen LogP contribution in [0.4, 0.5) is 0 Å². The molecule has 2 aromatic carbocycles. The van der Waals surface area contributed by atoms with Gasteiger partial charge < -0.3 is 10.4 Å². The highest BCUT2D eigenvalue weighted by Gasteiger charge is 2.02. The van der Waals surface area contributed by atoms with Gasteiger partial charge in [0, 0.05) is 12.1 Å². The summed E-state index contributed by atoms with van der Waals surface area (Å²) >= 11 is 0. The highest BCUT2D eigenvalue weighted by molar-refractivity contribution is 5.39. The molecule has 100 valence electrons. The van der Waals surface area contributed by atoms with Crippen LogP contribution in [-0.4, -0.2) is 11.7 Å².